The summed E-state index contributed by atoms with van der Waals surface area (Å²) in [5, 5.41) is 2.70. The molecule has 0 aliphatic heterocycles. The highest BCUT2D eigenvalue weighted by atomic mass is 32.2. The predicted octanol–water partition coefficient (Wildman–Crippen LogP) is 3.12. The minimum atomic E-state index is -3.36. The minimum absolute atomic E-state index is 0. The average Bonchev–Trinajstić information content (AvgIpc) is 2.62. The van der Waals surface area contributed by atoms with Crippen molar-refractivity contribution in [1.29, 1.82) is 0 Å². The van der Waals surface area contributed by atoms with Crippen molar-refractivity contribution < 1.29 is 17.5 Å². The maximum absolute atomic E-state index is 12.5. The molecule has 3 rings (SSSR count). The molecule has 1 aromatic heterocycles. The van der Waals surface area contributed by atoms with Crippen molar-refractivity contribution in [1.82, 2.24) is 9.97 Å². The Morgan fingerprint density at radius 1 is 1.12 bits per heavy atom. The van der Waals surface area contributed by atoms with Gasteiger partial charge in [-0.3, -0.25) is 4.79 Å². The van der Waals surface area contributed by atoms with Crippen LogP contribution in [0.15, 0.2) is 65.7 Å². The summed E-state index contributed by atoms with van der Waals surface area (Å²) >= 11 is 0. The summed E-state index contributed by atoms with van der Waals surface area (Å²) < 4.78 is 23.5. The predicted molar refractivity (Wildman–Crippen MR) is 106 cm³/mol. The highest BCUT2D eigenvalue weighted by Crippen LogP contribution is 2.22. The number of para-hydroxylation sites is 1. The SMILES string of the molecule is CS(=O)(=O)c1cccc(-c2cnc(N)c(C(=O)Nc3ccccc3)n2)c1.[HH].[HH].[HH]. The number of nitrogens with one attached hydrogen (secondary N) is 1. The van der Waals surface area contributed by atoms with Gasteiger partial charge in [0.1, 0.15) is 0 Å². The van der Waals surface area contributed by atoms with Crippen LogP contribution >= 0.6 is 0 Å². The largest absolute Gasteiger partial charge is 0.382 e. The van der Waals surface area contributed by atoms with E-state index in [-0.39, 0.29) is 20.7 Å². The lowest BCUT2D eigenvalue weighted by Gasteiger charge is -2.09. The topological polar surface area (TPSA) is 115 Å². The van der Waals surface area contributed by atoms with Gasteiger partial charge in [0.05, 0.1) is 16.8 Å². The summed E-state index contributed by atoms with van der Waals surface area (Å²) in [6, 6.07) is 15.2. The molecule has 3 aromatic rings. The number of benzene rings is 2. The lowest BCUT2D eigenvalue weighted by Crippen LogP contribution is -2.17. The number of aromatic nitrogens is 2. The normalized spacial score (nSPS) is 11.1. The van der Waals surface area contributed by atoms with Crippen LogP contribution in [0.3, 0.4) is 0 Å². The van der Waals surface area contributed by atoms with Crippen molar-refractivity contribution in [2.75, 3.05) is 17.3 Å². The lowest BCUT2D eigenvalue weighted by atomic mass is 10.1. The van der Waals surface area contributed by atoms with E-state index in [1.54, 1.807) is 36.4 Å². The van der Waals surface area contributed by atoms with Crippen LogP contribution in [0, 0.1) is 0 Å². The summed E-state index contributed by atoms with van der Waals surface area (Å²) in [6.45, 7) is 0. The second kappa shape index (κ2) is 6.93. The smallest absolute Gasteiger partial charge is 0.278 e. The molecule has 8 heteroatoms. The highest BCUT2D eigenvalue weighted by Gasteiger charge is 2.16. The summed E-state index contributed by atoms with van der Waals surface area (Å²) in [5.41, 5.74) is 7.23. The first-order chi connectivity index (χ1) is 12.3. The van der Waals surface area contributed by atoms with E-state index in [9.17, 15) is 13.2 Å². The fourth-order valence-corrected chi connectivity index (χ4v) is 2.97. The fraction of sp³-hybridized carbons (Fsp3) is 0.0556. The van der Waals surface area contributed by atoms with Gasteiger partial charge in [0.15, 0.2) is 21.3 Å². The monoisotopic (exact) mass is 374 g/mol. The van der Waals surface area contributed by atoms with E-state index in [4.69, 9.17) is 5.73 Å². The number of carbonyl (C=O) groups excluding carboxylic acids is 1. The second-order valence-corrected chi connectivity index (χ2v) is 7.62. The Bertz CT molecular complexity index is 1080. The molecule has 0 spiro atoms. The molecule has 3 N–H and O–H groups in total. The first-order valence-corrected chi connectivity index (χ1v) is 9.53. The zero-order valence-electron chi connectivity index (χ0n) is 13.9. The van der Waals surface area contributed by atoms with E-state index in [0.29, 0.717) is 16.9 Å². The zero-order chi connectivity index (χ0) is 18.7. The van der Waals surface area contributed by atoms with E-state index < -0.39 is 15.7 Å². The van der Waals surface area contributed by atoms with Gasteiger partial charge < -0.3 is 11.1 Å². The fourth-order valence-electron chi connectivity index (χ4n) is 2.30. The minimum Gasteiger partial charge on any atom is -0.382 e. The number of amides is 1. The van der Waals surface area contributed by atoms with Crippen molar-refractivity contribution in [3.63, 3.8) is 0 Å². The quantitative estimate of drug-likeness (QED) is 0.725. The number of hydrogen-bond acceptors (Lipinski definition) is 6. The third kappa shape index (κ3) is 3.86. The van der Waals surface area contributed by atoms with Gasteiger partial charge in [-0.1, -0.05) is 30.3 Å². The number of nitrogen functional groups attached to an aromatic ring is 1. The molecule has 0 aliphatic rings. The highest BCUT2D eigenvalue weighted by molar-refractivity contribution is 7.90. The average molecular weight is 374 g/mol. The van der Waals surface area contributed by atoms with Crippen LogP contribution in [-0.2, 0) is 9.84 Å². The van der Waals surface area contributed by atoms with Gasteiger partial charge in [-0.15, -0.1) is 0 Å². The molecule has 0 fully saturated rings. The Balaban J connectivity index is 0.00000261. The van der Waals surface area contributed by atoms with Gasteiger partial charge in [0, 0.05) is 21.8 Å². The third-order valence-electron chi connectivity index (χ3n) is 3.61. The molecule has 0 radical (unpaired) electrons. The molecule has 0 saturated heterocycles. The van der Waals surface area contributed by atoms with Crippen molar-refractivity contribution in [2.45, 2.75) is 4.90 Å². The maximum Gasteiger partial charge on any atom is 0.278 e. The van der Waals surface area contributed by atoms with Gasteiger partial charge in [0.2, 0.25) is 0 Å². The first-order valence-electron chi connectivity index (χ1n) is 7.64. The van der Waals surface area contributed by atoms with Gasteiger partial charge in [-0.25, -0.2) is 18.4 Å². The van der Waals surface area contributed by atoms with Crippen LogP contribution < -0.4 is 11.1 Å². The Morgan fingerprint density at radius 2 is 1.85 bits per heavy atom. The molecule has 0 saturated carbocycles. The molecule has 7 nitrogen and oxygen atoms in total. The van der Waals surface area contributed by atoms with Crippen molar-refractivity contribution in [3.8, 4) is 11.3 Å². The molecule has 2 aromatic carbocycles. The van der Waals surface area contributed by atoms with Gasteiger partial charge in [0.25, 0.3) is 5.91 Å². The Labute approximate surface area is 155 Å². The van der Waals surface area contributed by atoms with Gasteiger partial charge in [-0.2, -0.15) is 0 Å². The molecule has 1 heterocycles. The first kappa shape index (κ1) is 17.6. The third-order valence-corrected chi connectivity index (χ3v) is 4.72. The van der Waals surface area contributed by atoms with Crippen LogP contribution in [0.25, 0.3) is 11.3 Å². The van der Waals surface area contributed by atoms with Crippen molar-refractivity contribution in [3.05, 3.63) is 66.5 Å². The van der Waals surface area contributed by atoms with Crippen molar-refractivity contribution >= 4 is 27.2 Å². The second-order valence-electron chi connectivity index (χ2n) is 5.61. The Kier molecular flexibility index (Phi) is 4.68. The number of sulfone groups is 1. The van der Waals surface area contributed by atoms with E-state index in [2.05, 4.69) is 15.3 Å². The molecular formula is C18H22N4O3S. The Morgan fingerprint density at radius 3 is 2.54 bits per heavy atom. The van der Waals surface area contributed by atoms with E-state index >= 15 is 0 Å². The Hall–Kier alpha value is -3.26. The van der Waals surface area contributed by atoms with Crippen LogP contribution in [0.4, 0.5) is 11.5 Å². The van der Waals surface area contributed by atoms with Crippen LogP contribution in [0.1, 0.15) is 14.8 Å². The summed E-state index contributed by atoms with van der Waals surface area (Å²) in [4.78, 5) is 20.9. The summed E-state index contributed by atoms with van der Waals surface area (Å²) in [5.74, 6) is -0.510. The molecule has 0 atom stereocenters. The van der Waals surface area contributed by atoms with Crippen LogP contribution in [0.5, 0.6) is 0 Å². The van der Waals surface area contributed by atoms with Crippen LogP contribution in [-0.4, -0.2) is 30.5 Å². The lowest BCUT2D eigenvalue weighted by molar-refractivity contribution is 0.102. The van der Waals surface area contributed by atoms with Crippen LogP contribution in [0.2, 0.25) is 0 Å². The van der Waals surface area contributed by atoms with E-state index in [1.165, 1.54) is 18.3 Å². The molecule has 0 bridgehead atoms. The maximum atomic E-state index is 12.5. The molecule has 26 heavy (non-hydrogen) atoms. The zero-order valence-corrected chi connectivity index (χ0v) is 14.7. The van der Waals surface area contributed by atoms with E-state index in [1.807, 2.05) is 6.07 Å². The van der Waals surface area contributed by atoms with Gasteiger partial charge in [-0.05, 0) is 24.3 Å². The molecular weight excluding hydrogens is 352 g/mol. The number of nitrogens with zero attached hydrogens (tertiary/aromatic N) is 2. The molecule has 1 amide bonds. The van der Waals surface area contributed by atoms with Gasteiger partial charge >= 0.3 is 0 Å². The number of rotatable bonds is 4. The summed E-state index contributed by atoms with van der Waals surface area (Å²) in [6.07, 6.45) is 2.52. The number of hydrogen-bond donors (Lipinski definition) is 2. The number of anilines is 2. The van der Waals surface area contributed by atoms with E-state index in [0.717, 1.165) is 6.26 Å². The number of nitrogens with two attached hydrogens (primary N) is 1. The number of carbonyl (C=O) groups is 1. The molecule has 138 valence electrons. The van der Waals surface area contributed by atoms with Crippen molar-refractivity contribution in [2.24, 2.45) is 0 Å². The molecule has 0 unspecified atom stereocenters. The standard InChI is InChI=1S/C18H16N4O3S.3H2/c1-26(24,25)14-9-5-6-12(10-14)15-11-20-17(19)16(22-15)18(23)21-13-7-3-2-4-8-13;;;/h2-11H,1H3,(H2,19,20)(H,21,23);3*1H. The molecule has 0 aliphatic carbocycles. The summed E-state index contributed by atoms with van der Waals surface area (Å²) in [7, 11) is -3.36.